The molecule has 132 valence electrons. The van der Waals surface area contributed by atoms with Gasteiger partial charge in [0, 0.05) is 26.1 Å². The molecule has 25 heavy (non-hydrogen) atoms. The van der Waals surface area contributed by atoms with Gasteiger partial charge < -0.3 is 10.1 Å². The van der Waals surface area contributed by atoms with Crippen molar-refractivity contribution in [3.05, 3.63) is 46.4 Å². The van der Waals surface area contributed by atoms with Gasteiger partial charge in [-0.2, -0.15) is 0 Å². The van der Waals surface area contributed by atoms with E-state index in [2.05, 4.69) is 20.6 Å². The monoisotopic (exact) mass is 361 g/mol. The Balaban J connectivity index is 1.61. The summed E-state index contributed by atoms with van der Waals surface area (Å²) in [4.78, 5) is 11.0. The van der Waals surface area contributed by atoms with Gasteiger partial charge in [0.2, 0.25) is 5.91 Å². The molecule has 1 amide bonds. The Labute approximate surface area is 150 Å². The lowest BCUT2D eigenvalue weighted by Crippen LogP contribution is -2.05. The van der Waals surface area contributed by atoms with Crippen LogP contribution in [0.4, 0.5) is 5.69 Å². The summed E-state index contributed by atoms with van der Waals surface area (Å²) in [5.74, 6) is 0.773. The summed E-state index contributed by atoms with van der Waals surface area (Å²) in [5, 5.41) is 14.8. The number of H-pyrrole nitrogens is 1. The molecule has 3 aromatic rings. The smallest absolute Gasteiger partial charge is 0.221 e. The number of aryl methyl sites for hydroxylation is 2. The first kappa shape index (κ1) is 17.4. The fourth-order valence-electron chi connectivity index (χ4n) is 2.71. The van der Waals surface area contributed by atoms with Gasteiger partial charge in [-0.15, -0.1) is 10.2 Å². The van der Waals surface area contributed by atoms with Crippen molar-refractivity contribution in [2.75, 3.05) is 12.4 Å². The lowest BCUT2D eigenvalue weighted by molar-refractivity contribution is -0.114. The molecule has 0 saturated carbocycles. The second-order valence-corrected chi connectivity index (χ2v) is 6.22. The zero-order valence-corrected chi connectivity index (χ0v) is 14.9. The minimum atomic E-state index is -0.0685. The van der Waals surface area contributed by atoms with Gasteiger partial charge in [-0.05, 0) is 30.5 Å². The number of anilines is 1. The van der Waals surface area contributed by atoms with E-state index in [-0.39, 0.29) is 5.91 Å². The van der Waals surface area contributed by atoms with Crippen molar-refractivity contribution in [3.8, 4) is 0 Å². The Morgan fingerprint density at radius 3 is 2.72 bits per heavy atom. The quantitative estimate of drug-likeness (QED) is 0.677. The van der Waals surface area contributed by atoms with Crippen molar-refractivity contribution in [1.29, 1.82) is 0 Å². The molecule has 8 heteroatoms. The molecule has 0 unspecified atom stereocenters. The second kappa shape index (κ2) is 7.67. The SMILES string of the molecule is COCc1[nH]n2c(CCCc3ccc(NC(C)=O)cc3)nnc2c1Cl. The highest BCUT2D eigenvalue weighted by atomic mass is 35.5. The van der Waals surface area contributed by atoms with E-state index < -0.39 is 0 Å². The number of methoxy groups -OCH3 is 1. The van der Waals surface area contributed by atoms with Crippen LogP contribution >= 0.6 is 11.6 Å². The molecule has 7 nitrogen and oxygen atoms in total. The molecule has 0 atom stereocenters. The number of halogens is 1. The first-order valence-corrected chi connectivity index (χ1v) is 8.42. The molecule has 0 saturated heterocycles. The molecule has 1 aromatic carbocycles. The van der Waals surface area contributed by atoms with Crippen LogP contribution in [0, 0.1) is 0 Å². The second-order valence-electron chi connectivity index (χ2n) is 5.84. The topological polar surface area (TPSA) is 84.3 Å². The highest BCUT2D eigenvalue weighted by molar-refractivity contribution is 6.34. The summed E-state index contributed by atoms with van der Waals surface area (Å²) in [7, 11) is 1.62. The molecule has 0 aliphatic carbocycles. The minimum absolute atomic E-state index is 0.0685. The Morgan fingerprint density at radius 1 is 1.28 bits per heavy atom. The van der Waals surface area contributed by atoms with Crippen LogP contribution in [-0.4, -0.2) is 32.8 Å². The zero-order valence-electron chi connectivity index (χ0n) is 14.2. The number of hydrogen-bond donors (Lipinski definition) is 2. The van der Waals surface area contributed by atoms with Crippen LogP contribution in [0.15, 0.2) is 24.3 Å². The maximum Gasteiger partial charge on any atom is 0.221 e. The zero-order chi connectivity index (χ0) is 17.8. The maximum absolute atomic E-state index is 11.0. The number of nitrogens with zero attached hydrogens (tertiary/aromatic N) is 3. The van der Waals surface area contributed by atoms with Crippen LogP contribution < -0.4 is 5.32 Å². The molecule has 0 aliphatic heterocycles. The van der Waals surface area contributed by atoms with E-state index in [9.17, 15) is 4.79 Å². The van der Waals surface area contributed by atoms with E-state index in [4.69, 9.17) is 16.3 Å². The summed E-state index contributed by atoms with van der Waals surface area (Å²) in [6.45, 7) is 1.90. The maximum atomic E-state index is 11.0. The minimum Gasteiger partial charge on any atom is -0.378 e. The van der Waals surface area contributed by atoms with Gasteiger partial charge in [-0.1, -0.05) is 23.7 Å². The number of fused-ring (bicyclic) bond motifs is 1. The molecule has 0 fully saturated rings. The van der Waals surface area contributed by atoms with E-state index in [1.807, 2.05) is 28.8 Å². The van der Waals surface area contributed by atoms with Gasteiger partial charge in [0.25, 0.3) is 0 Å². The van der Waals surface area contributed by atoms with Crippen LogP contribution in [0.1, 0.15) is 30.4 Å². The molecule has 3 rings (SSSR count). The van der Waals surface area contributed by atoms with E-state index in [0.717, 1.165) is 36.5 Å². The third kappa shape index (κ3) is 4.00. The van der Waals surface area contributed by atoms with Crippen LogP contribution in [0.3, 0.4) is 0 Å². The molecule has 2 aromatic heterocycles. The molecule has 2 N–H and O–H groups in total. The van der Waals surface area contributed by atoms with Crippen LogP contribution in [0.25, 0.3) is 5.65 Å². The standard InChI is InChI=1S/C17H20ClN5O2/c1-11(24)19-13-8-6-12(7-9-13)4-3-5-15-20-21-17-16(18)14(10-25-2)22-23(15)17/h6-9,22H,3-5,10H2,1-2H3,(H,19,24). The predicted molar refractivity (Wildman–Crippen MR) is 95.8 cm³/mol. The summed E-state index contributed by atoms with van der Waals surface area (Å²) < 4.78 is 6.93. The summed E-state index contributed by atoms with van der Waals surface area (Å²) in [5.41, 5.74) is 3.44. The largest absolute Gasteiger partial charge is 0.378 e. The summed E-state index contributed by atoms with van der Waals surface area (Å²) in [6.07, 6.45) is 2.61. The normalized spacial score (nSPS) is 11.2. The van der Waals surface area contributed by atoms with Gasteiger partial charge in [0.15, 0.2) is 11.5 Å². The number of nitrogens with one attached hydrogen (secondary N) is 2. The molecular weight excluding hydrogens is 342 g/mol. The third-order valence-electron chi connectivity index (χ3n) is 3.87. The van der Waals surface area contributed by atoms with Crippen LogP contribution in [-0.2, 0) is 29.0 Å². The van der Waals surface area contributed by atoms with E-state index in [0.29, 0.717) is 17.3 Å². The molecule has 0 aliphatic rings. The number of rotatable bonds is 7. The highest BCUT2D eigenvalue weighted by Gasteiger charge is 2.15. The average molecular weight is 362 g/mol. The summed E-state index contributed by atoms with van der Waals surface area (Å²) >= 11 is 6.27. The van der Waals surface area contributed by atoms with Gasteiger partial charge in [-0.25, -0.2) is 4.52 Å². The lowest BCUT2D eigenvalue weighted by atomic mass is 10.1. The molecule has 0 spiro atoms. The van der Waals surface area contributed by atoms with Crippen molar-refractivity contribution < 1.29 is 9.53 Å². The van der Waals surface area contributed by atoms with E-state index >= 15 is 0 Å². The number of benzene rings is 1. The number of hydrogen-bond acceptors (Lipinski definition) is 4. The number of carbonyl (C=O) groups is 1. The fourth-order valence-corrected chi connectivity index (χ4v) is 2.92. The highest BCUT2D eigenvalue weighted by Crippen LogP contribution is 2.22. The Morgan fingerprint density at radius 2 is 2.04 bits per heavy atom. The van der Waals surface area contributed by atoms with E-state index in [1.165, 1.54) is 12.5 Å². The summed E-state index contributed by atoms with van der Waals surface area (Å²) in [6, 6.07) is 7.86. The first-order valence-electron chi connectivity index (χ1n) is 8.04. The van der Waals surface area contributed by atoms with Gasteiger partial charge >= 0.3 is 0 Å². The van der Waals surface area contributed by atoms with Crippen molar-refractivity contribution in [3.63, 3.8) is 0 Å². The molecule has 2 heterocycles. The van der Waals surface area contributed by atoms with E-state index in [1.54, 1.807) is 7.11 Å². The fraction of sp³-hybridized carbons (Fsp3) is 0.353. The number of carbonyl (C=O) groups excluding carboxylic acids is 1. The molecule has 0 radical (unpaired) electrons. The first-order chi connectivity index (χ1) is 12.1. The van der Waals surface area contributed by atoms with Crippen molar-refractivity contribution in [2.45, 2.75) is 32.8 Å². The average Bonchev–Trinajstić information content (AvgIpc) is 3.11. The van der Waals surface area contributed by atoms with Gasteiger partial charge in [-0.3, -0.25) is 9.89 Å². The van der Waals surface area contributed by atoms with Crippen LogP contribution in [0.5, 0.6) is 0 Å². The third-order valence-corrected chi connectivity index (χ3v) is 4.26. The molecular formula is C17H20ClN5O2. The Bertz CT molecular complexity index is 869. The van der Waals surface area contributed by atoms with Gasteiger partial charge in [0.05, 0.1) is 12.3 Å². The number of aromatic amines is 1. The number of amides is 1. The number of ether oxygens (including phenoxy) is 1. The lowest BCUT2D eigenvalue weighted by Gasteiger charge is -2.04. The van der Waals surface area contributed by atoms with Crippen molar-refractivity contribution in [2.24, 2.45) is 0 Å². The predicted octanol–water partition coefficient (Wildman–Crippen LogP) is 2.99. The Kier molecular flexibility index (Phi) is 5.35. The van der Waals surface area contributed by atoms with Gasteiger partial charge in [0.1, 0.15) is 5.02 Å². The Hall–Kier alpha value is -2.38. The van der Waals surface area contributed by atoms with Crippen molar-refractivity contribution in [1.82, 2.24) is 19.8 Å². The molecule has 0 bridgehead atoms. The number of aromatic nitrogens is 4. The van der Waals surface area contributed by atoms with Crippen molar-refractivity contribution >= 4 is 28.8 Å². The van der Waals surface area contributed by atoms with Crippen LogP contribution in [0.2, 0.25) is 5.02 Å².